The summed E-state index contributed by atoms with van der Waals surface area (Å²) < 4.78 is 17.5. The third-order valence-electron chi connectivity index (χ3n) is 3.30. The van der Waals surface area contributed by atoms with Gasteiger partial charge in [0.2, 0.25) is 10.7 Å². The molecule has 3 rings (SSSR count). The minimum atomic E-state index is -1.14. The average Bonchev–Trinajstić information content (AvgIpc) is 3.09. The van der Waals surface area contributed by atoms with E-state index >= 15 is 0 Å². The van der Waals surface area contributed by atoms with Gasteiger partial charge in [0.05, 0.1) is 17.4 Å². The first-order valence-corrected chi connectivity index (χ1v) is 8.54. The molecule has 120 valence electrons. The lowest BCUT2D eigenvalue weighted by Crippen LogP contribution is -2.04. The molecule has 2 heterocycles. The molecule has 0 saturated carbocycles. The Morgan fingerprint density at radius 1 is 1.17 bits per heavy atom. The van der Waals surface area contributed by atoms with Gasteiger partial charge in [-0.3, -0.25) is 14.1 Å². The molecule has 7 nitrogen and oxygen atoms in total. The molecule has 0 aliphatic carbocycles. The lowest BCUT2D eigenvalue weighted by atomic mass is 10.2. The summed E-state index contributed by atoms with van der Waals surface area (Å²) in [6.07, 6.45) is 2.92. The second kappa shape index (κ2) is 7.19. The van der Waals surface area contributed by atoms with Gasteiger partial charge in [0.1, 0.15) is 12.1 Å². The van der Waals surface area contributed by atoms with E-state index in [9.17, 15) is 9.00 Å². The molecule has 8 heteroatoms. The average molecular weight is 332 g/mol. The van der Waals surface area contributed by atoms with E-state index in [0.717, 1.165) is 29.5 Å². The summed E-state index contributed by atoms with van der Waals surface area (Å²) in [6.45, 7) is 0.544. The van der Waals surface area contributed by atoms with Crippen molar-refractivity contribution < 1.29 is 8.95 Å². The fraction of sp³-hybridized carbons (Fsp3) is 0.267. The highest BCUT2D eigenvalue weighted by molar-refractivity contribution is 7.84. The highest BCUT2D eigenvalue weighted by Gasteiger charge is 2.06. The molecule has 1 unspecified atom stereocenters. The lowest BCUT2D eigenvalue weighted by molar-refractivity contribution is 0.310. The largest absolute Gasteiger partial charge is 0.494 e. The fourth-order valence-corrected chi connectivity index (χ4v) is 3.13. The Labute approximate surface area is 134 Å². The Morgan fingerprint density at radius 3 is 2.91 bits per heavy atom. The van der Waals surface area contributed by atoms with E-state index in [1.165, 1.54) is 12.4 Å². The Morgan fingerprint density at radius 2 is 2.09 bits per heavy atom. The second-order valence-corrected chi connectivity index (χ2v) is 6.45. The van der Waals surface area contributed by atoms with E-state index < -0.39 is 10.8 Å². The maximum absolute atomic E-state index is 11.8. The normalized spacial score (nSPS) is 12.3. The summed E-state index contributed by atoms with van der Waals surface area (Å²) in [6, 6.07) is 8.79. The molecule has 1 aromatic carbocycles. The summed E-state index contributed by atoms with van der Waals surface area (Å²) in [7, 11) is -1.14. The van der Waals surface area contributed by atoms with E-state index in [1.54, 1.807) is 6.07 Å². The van der Waals surface area contributed by atoms with Crippen molar-refractivity contribution in [3.63, 3.8) is 0 Å². The summed E-state index contributed by atoms with van der Waals surface area (Å²) in [4.78, 5) is 17.9. The van der Waals surface area contributed by atoms with Gasteiger partial charge >= 0.3 is 0 Å². The van der Waals surface area contributed by atoms with E-state index in [1.807, 2.05) is 18.2 Å². The molecule has 0 fully saturated rings. The van der Waals surface area contributed by atoms with Crippen molar-refractivity contribution in [1.29, 1.82) is 0 Å². The van der Waals surface area contributed by atoms with Crippen molar-refractivity contribution in [3.8, 4) is 5.75 Å². The molecule has 23 heavy (non-hydrogen) atoms. The number of nitrogens with one attached hydrogen (secondary N) is 2. The van der Waals surface area contributed by atoms with Crippen LogP contribution in [0.5, 0.6) is 5.75 Å². The van der Waals surface area contributed by atoms with Crippen molar-refractivity contribution in [2.75, 3.05) is 12.4 Å². The van der Waals surface area contributed by atoms with Gasteiger partial charge in [-0.15, -0.1) is 0 Å². The zero-order valence-electron chi connectivity index (χ0n) is 12.3. The van der Waals surface area contributed by atoms with E-state index in [4.69, 9.17) is 4.74 Å². The molecule has 0 saturated heterocycles. The van der Waals surface area contributed by atoms with E-state index in [0.29, 0.717) is 17.5 Å². The van der Waals surface area contributed by atoms with E-state index in [-0.39, 0.29) is 5.56 Å². The topological polar surface area (TPSA) is 101 Å². The molecule has 0 aliphatic rings. The number of aromatic amines is 2. The van der Waals surface area contributed by atoms with Crippen LogP contribution in [0.25, 0.3) is 10.9 Å². The number of unbranched alkanes of at least 4 members (excludes halogenated alkanes) is 1. The first-order chi connectivity index (χ1) is 11.2. The van der Waals surface area contributed by atoms with Crippen LogP contribution in [0.4, 0.5) is 0 Å². The lowest BCUT2D eigenvalue weighted by Gasteiger charge is -2.07. The first-order valence-electron chi connectivity index (χ1n) is 7.22. The van der Waals surface area contributed by atoms with Gasteiger partial charge in [-0.05, 0) is 37.1 Å². The standard InChI is InChI=1S/C15H16N4O3S/c20-14-6-3-11-9-12(4-5-13(11)18-14)22-7-1-2-8-23(21)15-16-10-17-19-15/h3-6,9-10H,1-2,7-8H2,(H,18,20)(H,16,17,19). The number of H-pyrrole nitrogens is 2. The highest BCUT2D eigenvalue weighted by atomic mass is 32.2. The van der Waals surface area contributed by atoms with Crippen LogP contribution in [-0.2, 0) is 10.8 Å². The Hall–Kier alpha value is -2.48. The van der Waals surface area contributed by atoms with Gasteiger partial charge in [-0.25, -0.2) is 4.98 Å². The Bertz CT molecular complexity index is 861. The van der Waals surface area contributed by atoms with Crippen molar-refractivity contribution in [1.82, 2.24) is 20.2 Å². The summed E-state index contributed by atoms with van der Waals surface area (Å²) in [5.74, 6) is 1.28. The van der Waals surface area contributed by atoms with Crippen molar-refractivity contribution in [2.24, 2.45) is 0 Å². The van der Waals surface area contributed by atoms with Crippen LogP contribution in [0, 0.1) is 0 Å². The molecular formula is C15H16N4O3S. The molecule has 2 aromatic heterocycles. The molecule has 0 radical (unpaired) electrons. The summed E-state index contributed by atoms with van der Waals surface area (Å²) >= 11 is 0. The molecule has 2 N–H and O–H groups in total. The number of hydrogen-bond acceptors (Lipinski definition) is 5. The third-order valence-corrected chi connectivity index (χ3v) is 4.58. The minimum Gasteiger partial charge on any atom is -0.494 e. The summed E-state index contributed by atoms with van der Waals surface area (Å²) in [5, 5.41) is 7.62. The van der Waals surface area contributed by atoms with Crippen LogP contribution in [0.1, 0.15) is 12.8 Å². The van der Waals surface area contributed by atoms with Crippen LogP contribution in [0.2, 0.25) is 0 Å². The number of hydrogen-bond donors (Lipinski definition) is 2. The van der Waals surface area contributed by atoms with Crippen LogP contribution < -0.4 is 10.3 Å². The number of rotatable bonds is 7. The van der Waals surface area contributed by atoms with Gasteiger partial charge in [0.25, 0.3) is 0 Å². The van der Waals surface area contributed by atoms with Gasteiger partial charge < -0.3 is 9.72 Å². The zero-order valence-corrected chi connectivity index (χ0v) is 13.1. The number of nitrogens with zero attached hydrogens (tertiary/aromatic N) is 2. The Balaban J connectivity index is 1.46. The molecule has 0 spiro atoms. The number of fused-ring (bicyclic) bond motifs is 1. The van der Waals surface area contributed by atoms with Crippen LogP contribution in [0.15, 0.2) is 46.6 Å². The van der Waals surface area contributed by atoms with Gasteiger partial charge in [-0.2, -0.15) is 5.10 Å². The zero-order chi connectivity index (χ0) is 16.1. The van der Waals surface area contributed by atoms with Crippen LogP contribution in [-0.4, -0.2) is 36.7 Å². The second-order valence-electron chi connectivity index (χ2n) is 4.97. The van der Waals surface area contributed by atoms with Crippen molar-refractivity contribution in [2.45, 2.75) is 18.0 Å². The Kier molecular flexibility index (Phi) is 4.82. The fourth-order valence-electron chi connectivity index (χ4n) is 2.15. The quantitative estimate of drug-likeness (QED) is 0.640. The smallest absolute Gasteiger partial charge is 0.248 e. The number of ether oxygens (including phenoxy) is 1. The number of benzene rings is 1. The van der Waals surface area contributed by atoms with Gasteiger partial charge in [-0.1, -0.05) is 0 Å². The van der Waals surface area contributed by atoms with E-state index in [2.05, 4.69) is 20.2 Å². The summed E-state index contributed by atoms with van der Waals surface area (Å²) in [5.41, 5.74) is 0.665. The predicted octanol–water partition coefficient (Wildman–Crippen LogP) is 1.61. The highest BCUT2D eigenvalue weighted by Crippen LogP contribution is 2.18. The predicted molar refractivity (Wildman–Crippen MR) is 87.0 cm³/mol. The molecule has 1 atom stereocenters. The van der Waals surface area contributed by atoms with Crippen molar-refractivity contribution >= 4 is 21.7 Å². The first kappa shape index (κ1) is 15.4. The minimum absolute atomic E-state index is 0.120. The van der Waals surface area contributed by atoms with Crippen molar-refractivity contribution in [3.05, 3.63) is 47.0 Å². The third kappa shape index (κ3) is 4.04. The SMILES string of the molecule is O=c1ccc2cc(OCCCCS(=O)c3ncn[nH]3)ccc2[nH]1. The van der Waals surface area contributed by atoms with Crippen LogP contribution in [0.3, 0.4) is 0 Å². The van der Waals surface area contributed by atoms with Gasteiger partial charge in [0, 0.05) is 22.7 Å². The molecule has 0 amide bonds. The molecule has 3 aromatic rings. The maximum atomic E-state index is 11.8. The molecule has 0 aliphatic heterocycles. The maximum Gasteiger partial charge on any atom is 0.248 e. The van der Waals surface area contributed by atoms with Crippen LogP contribution >= 0.6 is 0 Å². The number of pyridine rings is 1. The molecule has 0 bridgehead atoms. The molecular weight excluding hydrogens is 316 g/mol. The number of aromatic nitrogens is 4. The monoisotopic (exact) mass is 332 g/mol. The van der Waals surface area contributed by atoms with Gasteiger partial charge in [0.15, 0.2) is 0 Å².